The maximum atomic E-state index is 4.41. The molecule has 19 heavy (non-hydrogen) atoms. The summed E-state index contributed by atoms with van der Waals surface area (Å²) in [5.41, 5.74) is 0.415. The average molecular weight is 262 g/mol. The molecule has 0 aliphatic carbocycles. The van der Waals surface area contributed by atoms with E-state index in [1.54, 1.807) is 6.33 Å². The summed E-state index contributed by atoms with van der Waals surface area (Å²) in [5.74, 6) is 2.75. The lowest BCUT2D eigenvalue weighted by Crippen LogP contribution is -2.26. The van der Waals surface area contributed by atoms with Crippen LogP contribution >= 0.6 is 0 Å². The first-order valence-corrected chi connectivity index (χ1v) is 7.25. The highest BCUT2D eigenvalue weighted by molar-refractivity contribution is 5.48. The van der Waals surface area contributed by atoms with Gasteiger partial charge in [0.2, 0.25) is 0 Å². The van der Waals surface area contributed by atoms with Gasteiger partial charge < -0.3 is 10.2 Å². The van der Waals surface area contributed by atoms with Gasteiger partial charge in [-0.1, -0.05) is 20.8 Å². The first-order chi connectivity index (χ1) is 9.00. The lowest BCUT2D eigenvalue weighted by molar-refractivity contribution is 0.220. The maximum Gasteiger partial charge on any atom is 0.134 e. The quantitative estimate of drug-likeness (QED) is 0.889. The molecule has 0 amide bonds. The van der Waals surface area contributed by atoms with Gasteiger partial charge in [0.1, 0.15) is 18.0 Å². The fourth-order valence-corrected chi connectivity index (χ4v) is 2.85. The van der Waals surface area contributed by atoms with Crippen molar-refractivity contribution in [2.24, 2.45) is 11.3 Å². The van der Waals surface area contributed by atoms with E-state index in [1.165, 1.54) is 19.3 Å². The molecule has 1 aromatic rings. The normalized spacial score (nSPS) is 21.1. The van der Waals surface area contributed by atoms with Crippen LogP contribution in [0.4, 0.5) is 11.6 Å². The molecule has 1 aromatic heterocycles. The number of aromatic nitrogens is 2. The molecule has 0 saturated carbocycles. The Hall–Kier alpha value is -1.32. The van der Waals surface area contributed by atoms with Crippen LogP contribution in [0, 0.1) is 11.3 Å². The number of hydrogen-bond donors (Lipinski definition) is 1. The molecule has 2 heterocycles. The number of rotatable bonds is 2. The van der Waals surface area contributed by atoms with Crippen LogP contribution in [0.15, 0.2) is 12.4 Å². The number of hydrogen-bond acceptors (Lipinski definition) is 4. The molecule has 2 rings (SSSR count). The molecule has 4 heteroatoms. The van der Waals surface area contributed by atoms with Gasteiger partial charge in [0.15, 0.2) is 0 Å². The molecule has 1 fully saturated rings. The highest BCUT2D eigenvalue weighted by Gasteiger charge is 2.27. The second kappa shape index (κ2) is 5.76. The van der Waals surface area contributed by atoms with Crippen molar-refractivity contribution in [1.29, 1.82) is 0 Å². The van der Waals surface area contributed by atoms with E-state index in [9.17, 15) is 0 Å². The fourth-order valence-electron chi connectivity index (χ4n) is 2.85. The summed E-state index contributed by atoms with van der Waals surface area (Å²) in [4.78, 5) is 11.0. The third-order valence-electron chi connectivity index (χ3n) is 4.19. The lowest BCUT2D eigenvalue weighted by Gasteiger charge is -2.29. The maximum absolute atomic E-state index is 4.41. The van der Waals surface area contributed by atoms with Crippen LogP contribution in [-0.4, -0.2) is 30.1 Å². The summed E-state index contributed by atoms with van der Waals surface area (Å²) in [6, 6.07) is 2.04. The zero-order chi connectivity index (χ0) is 13.9. The van der Waals surface area contributed by atoms with Crippen molar-refractivity contribution < 1.29 is 0 Å². The van der Waals surface area contributed by atoms with Gasteiger partial charge in [0, 0.05) is 26.2 Å². The molecule has 1 aliphatic rings. The lowest BCUT2D eigenvalue weighted by atomic mass is 9.77. The topological polar surface area (TPSA) is 41.0 Å². The predicted molar refractivity (Wildman–Crippen MR) is 80.6 cm³/mol. The Morgan fingerprint density at radius 3 is 2.68 bits per heavy atom. The van der Waals surface area contributed by atoms with Crippen LogP contribution in [0.5, 0.6) is 0 Å². The van der Waals surface area contributed by atoms with Crippen molar-refractivity contribution in [3.63, 3.8) is 0 Å². The zero-order valence-corrected chi connectivity index (χ0v) is 12.6. The fraction of sp³-hybridized carbons (Fsp3) is 0.733. The minimum absolute atomic E-state index is 0.415. The SMILES string of the molecule is CNc1cc(N2CCCC(C(C)(C)C)CC2)ncn1. The molecular formula is C15H26N4. The summed E-state index contributed by atoms with van der Waals surface area (Å²) in [6.45, 7) is 9.28. The van der Waals surface area contributed by atoms with E-state index >= 15 is 0 Å². The van der Waals surface area contributed by atoms with Gasteiger partial charge in [-0.25, -0.2) is 9.97 Å². The largest absolute Gasteiger partial charge is 0.373 e. The zero-order valence-electron chi connectivity index (χ0n) is 12.6. The highest BCUT2D eigenvalue weighted by atomic mass is 15.2. The third kappa shape index (κ3) is 3.58. The Morgan fingerprint density at radius 1 is 1.21 bits per heavy atom. The first-order valence-electron chi connectivity index (χ1n) is 7.25. The smallest absolute Gasteiger partial charge is 0.134 e. The van der Waals surface area contributed by atoms with Gasteiger partial charge in [0.25, 0.3) is 0 Å². The van der Waals surface area contributed by atoms with Gasteiger partial charge in [-0.05, 0) is 30.6 Å². The van der Waals surface area contributed by atoms with Crippen LogP contribution in [-0.2, 0) is 0 Å². The Kier molecular flexibility index (Phi) is 4.27. The molecular weight excluding hydrogens is 236 g/mol. The summed E-state index contributed by atoms with van der Waals surface area (Å²) in [6.07, 6.45) is 5.47. The van der Waals surface area contributed by atoms with Crippen LogP contribution in [0.2, 0.25) is 0 Å². The van der Waals surface area contributed by atoms with Gasteiger partial charge in [-0.3, -0.25) is 0 Å². The minimum Gasteiger partial charge on any atom is -0.373 e. The van der Waals surface area contributed by atoms with Crippen molar-refractivity contribution in [2.75, 3.05) is 30.4 Å². The molecule has 0 radical (unpaired) electrons. The van der Waals surface area contributed by atoms with Crippen molar-refractivity contribution in [2.45, 2.75) is 40.0 Å². The van der Waals surface area contributed by atoms with E-state index in [1.807, 2.05) is 13.1 Å². The van der Waals surface area contributed by atoms with E-state index < -0.39 is 0 Å². The van der Waals surface area contributed by atoms with Crippen LogP contribution in [0.1, 0.15) is 40.0 Å². The Balaban J connectivity index is 2.06. The molecule has 1 atom stereocenters. The van der Waals surface area contributed by atoms with Crippen molar-refractivity contribution in [3.05, 3.63) is 12.4 Å². The average Bonchev–Trinajstić information content (AvgIpc) is 2.64. The van der Waals surface area contributed by atoms with Crippen LogP contribution < -0.4 is 10.2 Å². The summed E-state index contributed by atoms with van der Waals surface area (Å²) in [5, 5.41) is 3.08. The predicted octanol–water partition coefficient (Wildman–Crippen LogP) is 3.17. The van der Waals surface area contributed by atoms with Gasteiger partial charge >= 0.3 is 0 Å². The Bertz CT molecular complexity index is 411. The molecule has 1 aliphatic heterocycles. The summed E-state index contributed by atoms with van der Waals surface area (Å²) in [7, 11) is 1.89. The molecule has 4 nitrogen and oxygen atoms in total. The Labute approximate surface area is 116 Å². The molecule has 1 unspecified atom stereocenters. The monoisotopic (exact) mass is 262 g/mol. The van der Waals surface area contributed by atoms with E-state index in [-0.39, 0.29) is 0 Å². The highest BCUT2D eigenvalue weighted by Crippen LogP contribution is 2.35. The van der Waals surface area contributed by atoms with E-state index in [2.05, 4.69) is 41.0 Å². The third-order valence-corrected chi connectivity index (χ3v) is 4.19. The molecule has 1 N–H and O–H groups in total. The molecule has 0 spiro atoms. The number of nitrogens with one attached hydrogen (secondary N) is 1. The number of nitrogens with zero attached hydrogens (tertiary/aromatic N) is 3. The van der Waals surface area contributed by atoms with Crippen molar-refractivity contribution in [3.8, 4) is 0 Å². The minimum atomic E-state index is 0.415. The molecule has 0 aromatic carbocycles. The van der Waals surface area contributed by atoms with Crippen molar-refractivity contribution in [1.82, 2.24) is 9.97 Å². The second-order valence-corrected chi connectivity index (χ2v) is 6.49. The summed E-state index contributed by atoms with van der Waals surface area (Å²) < 4.78 is 0. The van der Waals surface area contributed by atoms with Crippen LogP contribution in [0.25, 0.3) is 0 Å². The Morgan fingerprint density at radius 2 is 2.00 bits per heavy atom. The summed E-state index contributed by atoms with van der Waals surface area (Å²) >= 11 is 0. The van der Waals surface area contributed by atoms with E-state index in [0.29, 0.717) is 5.41 Å². The van der Waals surface area contributed by atoms with Crippen molar-refractivity contribution >= 4 is 11.6 Å². The second-order valence-electron chi connectivity index (χ2n) is 6.49. The molecule has 106 valence electrons. The van der Waals surface area contributed by atoms with Gasteiger partial charge in [0.05, 0.1) is 0 Å². The molecule has 1 saturated heterocycles. The molecule has 0 bridgehead atoms. The van der Waals surface area contributed by atoms with E-state index in [4.69, 9.17) is 0 Å². The van der Waals surface area contributed by atoms with Gasteiger partial charge in [-0.2, -0.15) is 0 Å². The van der Waals surface area contributed by atoms with Crippen LogP contribution in [0.3, 0.4) is 0 Å². The number of anilines is 2. The standard InChI is InChI=1S/C15H26N4/c1-15(2,3)12-6-5-8-19(9-7-12)14-10-13(16-4)17-11-18-14/h10-12H,5-9H2,1-4H3,(H,16,17,18). The first kappa shape index (κ1) is 14.1. The van der Waals surface area contributed by atoms with Gasteiger partial charge in [-0.15, -0.1) is 0 Å². The van der Waals surface area contributed by atoms with E-state index in [0.717, 1.165) is 30.6 Å².